The molecule has 1 atom stereocenters. The number of nitrogens with zero attached hydrogens (tertiary/aromatic N) is 2. The first-order chi connectivity index (χ1) is 11.5. The topological polar surface area (TPSA) is 50.3 Å². The first kappa shape index (κ1) is 16.3. The molecule has 2 aromatic rings. The highest BCUT2D eigenvalue weighted by Gasteiger charge is 2.51. The number of imide groups is 1. The SMILES string of the molecule is CC[C@]1(c2ccc(C)cc2)CC(=O)N(Cc2cncc(F)c2)C1=O. The number of hydrogen-bond donors (Lipinski definition) is 0. The van der Waals surface area contributed by atoms with E-state index in [1.54, 1.807) is 0 Å². The number of hydrogen-bond acceptors (Lipinski definition) is 3. The Balaban J connectivity index is 1.93. The monoisotopic (exact) mass is 326 g/mol. The highest BCUT2D eigenvalue weighted by Crippen LogP contribution is 2.40. The van der Waals surface area contributed by atoms with Gasteiger partial charge in [0, 0.05) is 12.6 Å². The maximum atomic E-state index is 13.3. The molecule has 124 valence electrons. The largest absolute Gasteiger partial charge is 0.277 e. The van der Waals surface area contributed by atoms with Crippen LogP contribution in [-0.2, 0) is 21.5 Å². The fraction of sp³-hybridized carbons (Fsp3) is 0.316. The van der Waals surface area contributed by atoms with E-state index in [2.05, 4.69) is 4.98 Å². The fourth-order valence-corrected chi connectivity index (χ4v) is 3.26. The summed E-state index contributed by atoms with van der Waals surface area (Å²) in [5, 5.41) is 0. The average Bonchev–Trinajstić information content (AvgIpc) is 2.81. The molecule has 2 amide bonds. The van der Waals surface area contributed by atoms with Crippen LogP contribution in [-0.4, -0.2) is 21.7 Å². The second kappa shape index (κ2) is 6.15. The van der Waals surface area contributed by atoms with Crippen molar-refractivity contribution < 1.29 is 14.0 Å². The van der Waals surface area contributed by atoms with Crippen LogP contribution in [0.5, 0.6) is 0 Å². The van der Waals surface area contributed by atoms with E-state index in [1.165, 1.54) is 17.2 Å². The van der Waals surface area contributed by atoms with Gasteiger partial charge in [-0.2, -0.15) is 0 Å². The van der Waals surface area contributed by atoms with Crippen molar-refractivity contribution in [3.05, 3.63) is 65.2 Å². The van der Waals surface area contributed by atoms with Crippen LogP contribution >= 0.6 is 0 Å². The zero-order chi connectivity index (χ0) is 17.3. The quantitative estimate of drug-likeness (QED) is 0.811. The number of benzene rings is 1. The third kappa shape index (κ3) is 2.70. The average molecular weight is 326 g/mol. The Morgan fingerprint density at radius 1 is 1.21 bits per heavy atom. The Hall–Kier alpha value is -2.56. The first-order valence-corrected chi connectivity index (χ1v) is 7.97. The van der Waals surface area contributed by atoms with E-state index in [-0.39, 0.29) is 24.8 Å². The molecule has 1 aliphatic heterocycles. The molecule has 1 saturated heterocycles. The zero-order valence-electron chi connectivity index (χ0n) is 13.8. The third-order valence-electron chi connectivity index (χ3n) is 4.72. The normalized spacial score (nSPS) is 20.7. The Kier molecular flexibility index (Phi) is 4.18. The predicted octanol–water partition coefficient (Wildman–Crippen LogP) is 3.14. The minimum absolute atomic E-state index is 0.0516. The molecule has 0 unspecified atom stereocenters. The van der Waals surface area contributed by atoms with Crippen LogP contribution in [0.15, 0.2) is 42.7 Å². The summed E-state index contributed by atoms with van der Waals surface area (Å²) < 4.78 is 13.3. The number of pyridine rings is 1. The molecule has 4 nitrogen and oxygen atoms in total. The van der Waals surface area contributed by atoms with E-state index in [9.17, 15) is 14.0 Å². The number of carbonyl (C=O) groups is 2. The Morgan fingerprint density at radius 2 is 1.92 bits per heavy atom. The molecule has 0 N–H and O–H groups in total. The molecule has 2 heterocycles. The summed E-state index contributed by atoms with van der Waals surface area (Å²) >= 11 is 0. The molecule has 0 bridgehead atoms. The van der Waals surface area contributed by atoms with Gasteiger partial charge in [-0.25, -0.2) is 4.39 Å². The lowest BCUT2D eigenvalue weighted by Crippen LogP contribution is -2.37. The second-order valence-electron chi connectivity index (χ2n) is 6.27. The maximum absolute atomic E-state index is 13.3. The highest BCUT2D eigenvalue weighted by molar-refractivity contribution is 6.09. The summed E-state index contributed by atoms with van der Waals surface area (Å²) in [6.45, 7) is 3.95. The number of halogens is 1. The zero-order valence-corrected chi connectivity index (χ0v) is 13.8. The molecule has 5 heteroatoms. The molecule has 0 radical (unpaired) electrons. The number of amides is 2. The van der Waals surface area contributed by atoms with Crippen LogP contribution in [0.25, 0.3) is 0 Å². The predicted molar refractivity (Wildman–Crippen MR) is 87.5 cm³/mol. The van der Waals surface area contributed by atoms with Crippen molar-refractivity contribution in [1.29, 1.82) is 0 Å². The van der Waals surface area contributed by atoms with Crippen molar-refractivity contribution in [2.75, 3.05) is 0 Å². The summed E-state index contributed by atoms with van der Waals surface area (Å²) in [6, 6.07) is 9.02. The van der Waals surface area contributed by atoms with Gasteiger partial charge in [-0.3, -0.25) is 19.5 Å². The molecule has 0 saturated carbocycles. The van der Waals surface area contributed by atoms with Crippen molar-refractivity contribution in [2.24, 2.45) is 0 Å². The number of rotatable bonds is 4. The van der Waals surface area contributed by atoms with Crippen LogP contribution in [0.2, 0.25) is 0 Å². The van der Waals surface area contributed by atoms with Gasteiger partial charge in [0.1, 0.15) is 5.82 Å². The standard InChI is InChI=1S/C19H19FN2O2/c1-3-19(15-6-4-13(2)5-7-15)9-17(23)22(18(19)24)12-14-8-16(20)11-21-10-14/h4-8,10-11H,3,9,12H2,1-2H3/t19-/m1/s1. The number of likely N-dealkylation sites (tertiary alicyclic amines) is 1. The van der Waals surface area contributed by atoms with Crippen molar-refractivity contribution in [1.82, 2.24) is 9.88 Å². The Bertz CT molecular complexity index is 788. The summed E-state index contributed by atoms with van der Waals surface area (Å²) in [6.07, 6.45) is 3.26. The van der Waals surface area contributed by atoms with Crippen LogP contribution in [0.1, 0.15) is 36.5 Å². The van der Waals surface area contributed by atoms with Gasteiger partial charge in [-0.05, 0) is 30.5 Å². The molecule has 0 spiro atoms. The fourth-order valence-electron chi connectivity index (χ4n) is 3.26. The molecular formula is C19H19FN2O2. The van der Waals surface area contributed by atoms with Gasteiger partial charge in [-0.1, -0.05) is 36.8 Å². The van der Waals surface area contributed by atoms with Crippen molar-refractivity contribution in [2.45, 2.75) is 38.6 Å². The van der Waals surface area contributed by atoms with Crippen LogP contribution in [0.3, 0.4) is 0 Å². The third-order valence-corrected chi connectivity index (χ3v) is 4.72. The maximum Gasteiger partial charge on any atom is 0.240 e. The lowest BCUT2D eigenvalue weighted by atomic mass is 9.76. The van der Waals surface area contributed by atoms with Gasteiger partial charge in [-0.15, -0.1) is 0 Å². The van der Waals surface area contributed by atoms with E-state index in [4.69, 9.17) is 0 Å². The lowest BCUT2D eigenvalue weighted by molar-refractivity contribution is -0.140. The molecule has 1 aromatic carbocycles. The molecule has 1 aromatic heterocycles. The van der Waals surface area contributed by atoms with Gasteiger partial charge in [0.15, 0.2) is 0 Å². The van der Waals surface area contributed by atoms with E-state index in [0.717, 1.165) is 17.3 Å². The van der Waals surface area contributed by atoms with Gasteiger partial charge in [0.25, 0.3) is 0 Å². The molecule has 1 aliphatic rings. The lowest BCUT2D eigenvalue weighted by Gasteiger charge is -2.26. The molecule has 0 aliphatic carbocycles. The summed E-state index contributed by atoms with van der Waals surface area (Å²) in [5.41, 5.74) is 1.64. The minimum Gasteiger partial charge on any atom is -0.277 e. The van der Waals surface area contributed by atoms with E-state index < -0.39 is 11.2 Å². The van der Waals surface area contributed by atoms with Crippen molar-refractivity contribution in [3.63, 3.8) is 0 Å². The van der Waals surface area contributed by atoms with Crippen molar-refractivity contribution >= 4 is 11.8 Å². The second-order valence-corrected chi connectivity index (χ2v) is 6.27. The molecular weight excluding hydrogens is 307 g/mol. The molecule has 1 fully saturated rings. The van der Waals surface area contributed by atoms with Crippen molar-refractivity contribution in [3.8, 4) is 0 Å². The van der Waals surface area contributed by atoms with E-state index >= 15 is 0 Å². The van der Waals surface area contributed by atoms with E-state index in [1.807, 2.05) is 38.1 Å². The van der Waals surface area contributed by atoms with Gasteiger partial charge in [0.05, 0.1) is 18.2 Å². The highest BCUT2D eigenvalue weighted by atomic mass is 19.1. The van der Waals surface area contributed by atoms with Gasteiger partial charge in [0.2, 0.25) is 11.8 Å². The van der Waals surface area contributed by atoms with Crippen LogP contribution < -0.4 is 0 Å². The summed E-state index contributed by atoms with van der Waals surface area (Å²) in [4.78, 5) is 30.5. The molecule has 24 heavy (non-hydrogen) atoms. The van der Waals surface area contributed by atoms with Gasteiger partial charge < -0.3 is 0 Å². The summed E-state index contributed by atoms with van der Waals surface area (Å²) in [5.74, 6) is -0.929. The first-order valence-electron chi connectivity index (χ1n) is 7.97. The molecule has 3 rings (SSSR count). The minimum atomic E-state index is -0.828. The van der Waals surface area contributed by atoms with E-state index in [0.29, 0.717) is 12.0 Å². The Labute approximate surface area is 140 Å². The number of aromatic nitrogens is 1. The van der Waals surface area contributed by atoms with Crippen LogP contribution in [0, 0.1) is 12.7 Å². The number of aryl methyl sites for hydroxylation is 1. The number of carbonyl (C=O) groups excluding carboxylic acids is 2. The summed E-state index contributed by atoms with van der Waals surface area (Å²) in [7, 11) is 0. The van der Waals surface area contributed by atoms with Gasteiger partial charge >= 0.3 is 0 Å². The smallest absolute Gasteiger partial charge is 0.240 e. The Morgan fingerprint density at radius 3 is 2.54 bits per heavy atom. The van der Waals surface area contributed by atoms with Crippen LogP contribution in [0.4, 0.5) is 4.39 Å².